The summed E-state index contributed by atoms with van der Waals surface area (Å²) in [6.45, 7) is 7.24. The van der Waals surface area contributed by atoms with Gasteiger partial charge in [-0.15, -0.1) is 6.58 Å². The maximum Gasteiger partial charge on any atom is 0.286 e. The van der Waals surface area contributed by atoms with Crippen molar-refractivity contribution < 1.29 is 13.9 Å². The molecule has 7 heteroatoms. The standard InChI is InChI=1S/C22H24BrN3O3/c1-3-7-17-8-4-5-9-20(17)28-15-18-10-11-21(29-18)22(27)24-12-6-13-26-14-19(23)16(2)25-26/h3-5,8-11,14H,1,6-7,12-13,15H2,2H3,(H,24,27). The maximum absolute atomic E-state index is 12.3. The normalized spacial score (nSPS) is 10.7. The second-order valence-electron chi connectivity index (χ2n) is 6.59. The highest BCUT2D eigenvalue weighted by Crippen LogP contribution is 2.21. The number of nitrogens with zero attached hydrogens (tertiary/aromatic N) is 2. The largest absolute Gasteiger partial charge is 0.485 e. The Balaban J connectivity index is 1.45. The van der Waals surface area contributed by atoms with Gasteiger partial charge in [-0.05, 0) is 59.5 Å². The van der Waals surface area contributed by atoms with Gasteiger partial charge in [0.15, 0.2) is 5.76 Å². The van der Waals surface area contributed by atoms with E-state index in [9.17, 15) is 4.79 Å². The lowest BCUT2D eigenvalue weighted by Gasteiger charge is -2.09. The molecule has 0 aliphatic rings. The van der Waals surface area contributed by atoms with E-state index in [1.54, 1.807) is 12.1 Å². The topological polar surface area (TPSA) is 69.3 Å². The number of nitrogens with one attached hydrogen (secondary N) is 1. The fraction of sp³-hybridized carbons (Fsp3) is 0.273. The molecule has 29 heavy (non-hydrogen) atoms. The third-order valence-corrected chi connectivity index (χ3v) is 5.11. The lowest BCUT2D eigenvalue weighted by molar-refractivity contribution is 0.0920. The third-order valence-electron chi connectivity index (χ3n) is 4.33. The molecular formula is C22H24BrN3O3. The van der Waals surface area contributed by atoms with Gasteiger partial charge in [0, 0.05) is 19.3 Å². The number of hydrogen-bond acceptors (Lipinski definition) is 4. The zero-order valence-corrected chi connectivity index (χ0v) is 17.9. The highest BCUT2D eigenvalue weighted by Gasteiger charge is 2.12. The molecule has 0 saturated carbocycles. The number of rotatable bonds is 10. The lowest BCUT2D eigenvalue weighted by atomic mass is 10.1. The Morgan fingerprint density at radius 1 is 1.34 bits per heavy atom. The number of para-hydroxylation sites is 1. The van der Waals surface area contributed by atoms with Crippen molar-refractivity contribution in [3.05, 3.63) is 82.5 Å². The van der Waals surface area contributed by atoms with Crippen molar-refractivity contribution in [1.82, 2.24) is 15.1 Å². The summed E-state index contributed by atoms with van der Waals surface area (Å²) in [6.07, 6.45) is 5.28. The smallest absolute Gasteiger partial charge is 0.286 e. The molecule has 0 spiro atoms. The highest BCUT2D eigenvalue weighted by molar-refractivity contribution is 9.10. The number of allylic oxidation sites excluding steroid dienone is 1. The van der Waals surface area contributed by atoms with E-state index in [1.165, 1.54) is 0 Å². The first-order valence-electron chi connectivity index (χ1n) is 9.45. The zero-order chi connectivity index (χ0) is 20.6. The minimum atomic E-state index is -0.235. The molecular weight excluding hydrogens is 434 g/mol. The fourth-order valence-electron chi connectivity index (χ4n) is 2.83. The molecule has 0 bridgehead atoms. The quantitative estimate of drug-likeness (QED) is 0.354. The van der Waals surface area contributed by atoms with Crippen LogP contribution in [0.25, 0.3) is 0 Å². The van der Waals surface area contributed by atoms with E-state index in [1.807, 2.05) is 48.1 Å². The van der Waals surface area contributed by atoms with Gasteiger partial charge in [-0.25, -0.2) is 0 Å². The monoisotopic (exact) mass is 457 g/mol. The summed E-state index contributed by atoms with van der Waals surface area (Å²) in [5, 5.41) is 7.24. The molecule has 1 amide bonds. The Labute approximate surface area is 178 Å². The molecule has 152 valence electrons. The van der Waals surface area contributed by atoms with Crippen molar-refractivity contribution in [2.45, 2.75) is 32.9 Å². The first kappa shape index (κ1) is 20.9. The predicted octanol–water partition coefficient (Wildman–Crippen LogP) is 4.67. The summed E-state index contributed by atoms with van der Waals surface area (Å²) in [7, 11) is 0. The average Bonchev–Trinajstić information content (AvgIpc) is 3.31. The molecule has 0 aliphatic carbocycles. The molecule has 0 fully saturated rings. The van der Waals surface area contributed by atoms with Crippen LogP contribution in [0, 0.1) is 6.92 Å². The first-order chi connectivity index (χ1) is 14.1. The Kier molecular flexibility index (Phi) is 7.30. The molecule has 0 unspecified atom stereocenters. The molecule has 3 aromatic rings. The molecule has 0 atom stereocenters. The predicted molar refractivity (Wildman–Crippen MR) is 115 cm³/mol. The van der Waals surface area contributed by atoms with Crippen LogP contribution in [0.2, 0.25) is 0 Å². The summed E-state index contributed by atoms with van der Waals surface area (Å²) < 4.78 is 14.3. The first-order valence-corrected chi connectivity index (χ1v) is 10.2. The number of hydrogen-bond donors (Lipinski definition) is 1. The number of amides is 1. The van der Waals surface area contributed by atoms with Gasteiger partial charge in [0.05, 0.1) is 10.2 Å². The summed E-state index contributed by atoms with van der Waals surface area (Å²) in [5.74, 6) is 1.43. The molecule has 2 aromatic heterocycles. The number of carbonyl (C=O) groups excluding carboxylic acids is 1. The number of benzene rings is 1. The average molecular weight is 458 g/mol. The molecule has 2 heterocycles. The van der Waals surface area contributed by atoms with E-state index in [2.05, 4.69) is 32.9 Å². The van der Waals surface area contributed by atoms with Gasteiger partial charge in [-0.3, -0.25) is 9.48 Å². The van der Waals surface area contributed by atoms with Crippen LogP contribution < -0.4 is 10.1 Å². The SMILES string of the molecule is C=CCc1ccccc1OCc1ccc(C(=O)NCCCn2cc(Br)c(C)n2)o1. The molecule has 0 aliphatic heterocycles. The molecule has 3 rings (SSSR count). The number of halogens is 1. The van der Waals surface area contributed by atoms with Crippen LogP contribution in [0.3, 0.4) is 0 Å². The van der Waals surface area contributed by atoms with Crippen LogP contribution in [0.4, 0.5) is 0 Å². The van der Waals surface area contributed by atoms with Gasteiger partial charge in [-0.1, -0.05) is 24.3 Å². The maximum atomic E-state index is 12.3. The molecule has 1 N–H and O–H groups in total. The van der Waals surface area contributed by atoms with Crippen LogP contribution in [0.15, 0.2) is 64.1 Å². The van der Waals surface area contributed by atoms with E-state index in [-0.39, 0.29) is 18.3 Å². The Hall–Kier alpha value is -2.80. The number of ether oxygens (including phenoxy) is 1. The van der Waals surface area contributed by atoms with E-state index in [0.29, 0.717) is 12.3 Å². The fourth-order valence-corrected chi connectivity index (χ4v) is 3.15. The minimum Gasteiger partial charge on any atom is -0.485 e. The Morgan fingerprint density at radius 3 is 2.93 bits per heavy atom. The molecule has 0 saturated heterocycles. The molecule has 1 aromatic carbocycles. The molecule has 6 nitrogen and oxygen atoms in total. The van der Waals surface area contributed by atoms with Crippen LogP contribution in [-0.2, 0) is 19.6 Å². The van der Waals surface area contributed by atoms with Gasteiger partial charge in [0.2, 0.25) is 0 Å². The number of carbonyl (C=O) groups is 1. The highest BCUT2D eigenvalue weighted by atomic mass is 79.9. The van der Waals surface area contributed by atoms with E-state index in [4.69, 9.17) is 9.15 Å². The van der Waals surface area contributed by atoms with Crippen LogP contribution in [0.1, 0.15) is 34.0 Å². The number of aromatic nitrogens is 2. The second-order valence-corrected chi connectivity index (χ2v) is 7.44. The summed E-state index contributed by atoms with van der Waals surface area (Å²) >= 11 is 3.44. The van der Waals surface area contributed by atoms with Crippen LogP contribution in [0.5, 0.6) is 5.75 Å². The lowest BCUT2D eigenvalue weighted by Crippen LogP contribution is -2.24. The van der Waals surface area contributed by atoms with Crippen molar-refractivity contribution in [2.24, 2.45) is 0 Å². The van der Waals surface area contributed by atoms with Gasteiger partial charge in [-0.2, -0.15) is 5.10 Å². The van der Waals surface area contributed by atoms with Crippen molar-refractivity contribution >= 4 is 21.8 Å². The van der Waals surface area contributed by atoms with E-state index < -0.39 is 0 Å². The minimum absolute atomic E-state index is 0.235. The van der Waals surface area contributed by atoms with Crippen molar-refractivity contribution in [2.75, 3.05) is 6.54 Å². The van der Waals surface area contributed by atoms with E-state index in [0.717, 1.165) is 40.9 Å². The van der Waals surface area contributed by atoms with Gasteiger partial charge >= 0.3 is 0 Å². The summed E-state index contributed by atoms with van der Waals surface area (Å²) in [5.41, 5.74) is 2.01. The van der Waals surface area contributed by atoms with E-state index >= 15 is 0 Å². The third kappa shape index (κ3) is 5.84. The zero-order valence-electron chi connectivity index (χ0n) is 16.4. The summed E-state index contributed by atoms with van der Waals surface area (Å²) in [6, 6.07) is 11.2. The molecule has 0 radical (unpaired) electrons. The van der Waals surface area contributed by atoms with Gasteiger partial charge in [0.1, 0.15) is 18.1 Å². The van der Waals surface area contributed by atoms with Crippen molar-refractivity contribution in [3.63, 3.8) is 0 Å². The second kappa shape index (κ2) is 10.1. The van der Waals surface area contributed by atoms with Gasteiger partial charge in [0.25, 0.3) is 5.91 Å². The van der Waals surface area contributed by atoms with Crippen LogP contribution >= 0.6 is 15.9 Å². The van der Waals surface area contributed by atoms with Crippen molar-refractivity contribution in [3.8, 4) is 5.75 Å². The van der Waals surface area contributed by atoms with Crippen molar-refractivity contribution in [1.29, 1.82) is 0 Å². The van der Waals surface area contributed by atoms with Gasteiger partial charge < -0.3 is 14.5 Å². The Morgan fingerprint density at radius 2 is 2.17 bits per heavy atom. The summed E-state index contributed by atoms with van der Waals surface area (Å²) in [4.78, 5) is 12.3. The number of aryl methyl sites for hydroxylation is 2. The Bertz CT molecular complexity index is 958. The van der Waals surface area contributed by atoms with Crippen LogP contribution in [-0.4, -0.2) is 22.2 Å². The number of furan rings is 1.